The molecule has 3 aromatic rings. The maximum absolute atomic E-state index is 13.5. The summed E-state index contributed by atoms with van der Waals surface area (Å²) in [5.74, 6) is -1.12. The maximum Gasteiger partial charge on any atom is 0.271 e. The van der Waals surface area contributed by atoms with E-state index in [0.29, 0.717) is 21.9 Å². The van der Waals surface area contributed by atoms with Crippen molar-refractivity contribution in [1.82, 2.24) is 4.98 Å². The van der Waals surface area contributed by atoms with Gasteiger partial charge in [-0.25, -0.2) is 13.8 Å². The van der Waals surface area contributed by atoms with Crippen molar-refractivity contribution < 1.29 is 23.0 Å². The van der Waals surface area contributed by atoms with Gasteiger partial charge in [0.25, 0.3) is 5.24 Å². The number of nitrogens with zero attached hydrogens (tertiary/aromatic N) is 1. The smallest absolute Gasteiger partial charge is 0.271 e. The van der Waals surface area contributed by atoms with Gasteiger partial charge in [0.2, 0.25) is 0 Å². The van der Waals surface area contributed by atoms with Crippen molar-refractivity contribution in [2.45, 2.75) is 6.61 Å². The highest BCUT2D eigenvalue weighted by molar-refractivity contribution is 7.10. The summed E-state index contributed by atoms with van der Waals surface area (Å²) < 4.78 is 37.6. The van der Waals surface area contributed by atoms with E-state index in [1.165, 1.54) is 18.4 Å². The van der Waals surface area contributed by atoms with E-state index in [1.807, 2.05) is 0 Å². The van der Waals surface area contributed by atoms with E-state index in [9.17, 15) is 13.6 Å². The van der Waals surface area contributed by atoms with Gasteiger partial charge >= 0.3 is 0 Å². The lowest BCUT2D eigenvalue weighted by atomic mass is 10.0. The SMILES string of the molecule is COc1cc(F)c(F)cc1-c1ccc(OCc2nc(C(=O)Cl)cs2)cc1. The highest BCUT2D eigenvalue weighted by Gasteiger charge is 2.13. The van der Waals surface area contributed by atoms with Crippen molar-refractivity contribution in [2.24, 2.45) is 0 Å². The molecule has 0 amide bonds. The van der Waals surface area contributed by atoms with Gasteiger partial charge < -0.3 is 9.47 Å². The van der Waals surface area contributed by atoms with E-state index in [1.54, 1.807) is 29.6 Å². The van der Waals surface area contributed by atoms with E-state index >= 15 is 0 Å². The summed E-state index contributed by atoms with van der Waals surface area (Å²) in [7, 11) is 1.39. The van der Waals surface area contributed by atoms with Gasteiger partial charge in [-0.2, -0.15) is 0 Å². The lowest BCUT2D eigenvalue weighted by Crippen LogP contribution is -1.97. The van der Waals surface area contributed by atoms with E-state index < -0.39 is 16.9 Å². The van der Waals surface area contributed by atoms with E-state index in [0.717, 1.165) is 12.1 Å². The number of aromatic nitrogens is 1. The van der Waals surface area contributed by atoms with Crippen molar-refractivity contribution >= 4 is 28.2 Å². The summed E-state index contributed by atoms with van der Waals surface area (Å²) in [5.41, 5.74) is 1.27. The molecule has 0 bridgehead atoms. The molecule has 3 rings (SSSR count). The lowest BCUT2D eigenvalue weighted by molar-refractivity contribution is 0.107. The molecule has 0 fully saturated rings. The summed E-state index contributed by atoms with van der Waals surface area (Å²) in [6, 6.07) is 8.90. The highest BCUT2D eigenvalue weighted by atomic mass is 35.5. The Bertz CT molecular complexity index is 944. The normalized spacial score (nSPS) is 10.6. The Balaban J connectivity index is 1.74. The molecule has 0 spiro atoms. The monoisotopic (exact) mass is 395 g/mol. The molecular weight excluding hydrogens is 384 g/mol. The van der Waals surface area contributed by atoms with Crippen molar-refractivity contribution in [1.29, 1.82) is 0 Å². The molecule has 4 nitrogen and oxygen atoms in total. The summed E-state index contributed by atoms with van der Waals surface area (Å²) in [6.45, 7) is 0.183. The van der Waals surface area contributed by atoms with Crippen LogP contribution in [0.1, 0.15) is 15.5 Å². The zero-order valence-corrected chi connectivity index (χ0v) is 15.0. The number of rotatable bonds is 6. The van der Waals surface area contributed by atoms with Crippen LogP contribution in [0.5, 0.6) is 11.5 Å². The molecule has 1 aromatic heterocycles. The number of ether oxygens (including phenoxy) is 2. The van der Waals surface area contributed by atoms with Crippen molar-refractivity contribution in [2.75, 3.05) is 7.11 Å². The van der Waals surface area contributed by atoms with Crippen LogP contribution in [0.3, 0.4) is 0 Å². The Morgan fingerprint density at radius 2 is 1.88 bits per heavy atom. The van der Waals surface area contributed by atoms with Gasteiger partial charge in [-0.3, -0.25) is 4.79 Å². The first-order valence-corrected chi connectivity index (χ1v) is 8.64. The number of benzene rings is 2. The fourth-order valence-corrected chi connectivity index (χ4v) is 3.11. The lowest BCUT2D eigenvalue weighted by Gasteiger charge is -2.10. The average molecular weight is 396 g/mol. The van der Waals surface area contributed by atoms with Gasteiger partial charge in [0, 0.05) is 17.0 Å². The number of carbonyl (C=O) groups is 1. The zero-order valence-electron chi connectivity index (χ0n) is 13.5. The Hall–Kier alpha value is -2.51. The molecule has 0 N–H and O–H groups in total. The number of hydrogen-bond acceptors (Lipinski definition) is 5. The fraction of sp³-hybridized carbons (Fsp3) is 0.111. The van der Waals surface area contributed by atoms with Crippen LogP contribution in [0, 0.1) is 11.6 Å². The van der Waals surface area contributed by atoms with Gasteiger partial charge in [-0.05, 0) is 35.4 Å². The Labute approximate surface area is 157 Å². The number of halogens is 3. The molecular formula is C18H12ClF2NO3S. The third-order valence-electron chi connectivity index (χ3n) is 3.52. The van der Waals surface area contributed by atoms with Crippen LogP contribution >= 0.6 is 22.9 Å². The number of carbonyl (C=O) groups excluding carboxylic acids is 1. The molecule has 26 heavy (non-hydrogen) atoms. The van der Waals surface area contributed by atoms with Crippen molar-refractivity contribution in [3.63, 3.8) is 0 Å². The predicted octanol–water partition coefficient (Wildman–Crippen LogP) is 5.05. The summed E-state index contributed by atoms with van der Waals surface area (Å²) in [6.07, 6.45) is 0. The third kappa shape index (κ3) is 4.00. The van der Waals surface area contributed by atoms with Crippen LogP contribution in [0.4, 0.5) is 8.78 Å². The molecule has 0 aliphatic heterocycles. The molecule has 0 atom stereocenters. The first kappa shape index (κ1) is 18.3. The second kappa shape index (κ2) is 7.80. The van der Waals surface area contributed by atoms with E-state index in [2.05, 4.69) is 4.98 Å². The molecule has 8 heteroatoms. The molecule has 2 aromatic carbocycles. The molecule has 0 saturated carbocycles. The van der Waals surface area contributed by atoms with Crippen LogP contribution < -0.4 is 9.47 Å². The minimum Gasteiger partial charge on any atom is -0.496 e. The van der Waals surface area contributed by atoms with Crippen LogP contribution in [-0.2, 0) is 6.61 Å². The van der Waals surface area contributed by atoms with Crippen molar-refractivity contribution in [3.05, 3.63) is 64.1 Å². The fourth-order valence-electron chi connectivity index (χ4n) is 2.27. The number of hydrogen-bond donors (Lipinski definition) is 0. The highest BCUT2D eigenvalue weighted by Crippen LogP contribution is 2.33. The molecule has 0 saturated heterocycles. The zero-order chi connectivity index (χ0) is 18.7. The van der Waals surface area contributed by atoms with Gasteiger partial charge in [0.05, 0.1) is 7.11 Å². The largest absolute Gasteiger partial charge is 0.496 e. The first-order chi connectivity index (χ1) is 12.5. The molecule has 0 radical (unpaired) electrons. The Kier molecular flexibility index (Phi) is 5.49. The molecule has 1 heterocycles. The van der Waals surface area contributed by atoms with Crippen molar-refractivity contribution in [3.8, 4) is 22.6 Å². The first-order valence-electron chi connectivity index (χ1n) is 7.38. The van der Waals surface area contributed by atoms with Gasteiger partial charge in [-0.1, -0.05) is 12.1 Å². The van der Waals surface area contributed by atoms with Crippen LogP contribution in [0.2, 0.25) is 0 Å². The average Bonchev–Trinajstić information content (AvgIpc) is 3.12. The summed E-state index contributed by atoms with van der Waals surface area (Å²) in [5, 5.41) is 1.56. The molecule has 0 aliphatic rings. The Morgan fingerprint density at radius 1 is 1.19 bits per heavy atom. The van der Waals surface area contributed by atoms with Gasteiger partial charge in [0.1, 0.15) is 28.8 Å². The second-order valence-corrected chi connectivity index (χ2v) is 6.47. The third-order valence-corrected chi connectivity index (χ3v) is 4.54. The maximum atomic E-state index is 13.5. The summed E-state index contributed by atoms with van der Waals surface area (Å²) in [4.78, 5) is 15.1. The minimum atomic E-state index is -0.969. The summed E-state index contributed by atoms with van der Waals surface area (Å²) >= 11 is 6.63. The quantitative estimate of drug-likeness (QED) is 0.548. The second-order valence-electron chi connectivity index (χ2n) is 5.18. The molecule has 0 aliphatic carbocycles. The van der Waals surface area contributed by atoms with E-state index in [-0.39, 0.29) is 18.1 Å². The number of methoxy groups -OCH3 is 1. The van der Waals surface area contributed by atoms with Gasteiger partial charge in [-0.15, -0.1) is 11.3 Å². The van der Waals surface area contributed by atoms with Crippen LogP contribution in [-0.4, -0.2) is 17.3 Å². The number of thiazole rings is 1. The molecule has 134 valence electrons. The minimum absolute atomic E-state index is 0.183. The van der Waals surface area contributed by atoms with Crippen LogP contribution in [0.25, 0.3) is 11.1 Å². The topological polar surface area (TPSA) is 48.4 Å². The Morgan fingerprint density at radius 3 is 2.50 bits per heavy atom. The van der Waals surface area contributed by atoms with E-state index in [4.69, 9.17) is 21.1 Å². The standard InChI is InChI=1S/C18H12ClF2NO3S/c1-24-16-7-14(21)13(20)6-12(16)10-2-4-11(5-3-10)25-8-17-22-15(9-26-17)18(19)23/h2-7,9H,8H2,1H3. The molecule has 0 unspecified atom stereocenters. The predicted molar refractivity (Wildman–Crippen MR) is 95.0 cm³/mol. The van der Waals surface area contributed by atoms with Crippen LogP contribution in [0.15, 0.2) is 41.8 Å². The van der Waals surface area contributed by atoms with Gasteiger partial charge in [0.15, 0.2) is 11.6 Å².